The lowest BCUT2D eigenvalue weighted by Gasteiger charge is -2.31. The molecule has 3 unspecified atom stereocenters. The van der Waals surface area contributed by atoms with Gasteiger partial charge in [-0.3, -0.25) is 9.69 Å². The molecule has 0 aliphatic carbocycles. The number of aliphatic carboxylic acids is 1. The van der Waals surface area contributed by atoms with Gasteiger partial charge in [0.15, 0.2) is 11.5 Å². The summed E-state index contributed by atoms with van der Waals surface area (Å²) >= 11 is 3.47. The smallest absolute Gasteiger partial charge is 0.236 e. The Kier molecular flexibility index (Phi) is 9.91. The fraction of sp³-hybridized carbons (Fsp3) is 0.517. The number of fused-ring (bicyclic) bond motifs is 1. The monoisotopic (exact) mass is 587 g/mol. The summed E-state index contributed by atoms with van der Waals surface area (Å²) in [5.41, 5.74) is 1.65. The van der Waals surface area contributed by atoms with Gasteiger partial charge in [0.05, 0.1) is 13.7 Å². The van der Waals surface area contributed by atoms with Crippen LogP contribution in [0, 0.1) is 5.92 Å². The summed E-state index contributed by atoms with van der Waals surface area (Å²) in [4.78, 5) is 30.2. The molecule has 0 spiro atoms. The summed E-state index contributed by atoms with van der Waals surface area (Å²) in [5, 5.41) is 13.6. The van der Waals surface area contributed by atoms with Gasteiger partial charge in [-0.05, 0) is 54.7 Å². The highest BCUT2D eigenvalue weighted by Gasteiger charge is 2.45. The van der Waals surface area contributed by atoms with E-state index in [2.05, 4.69) is 22.9 Å². The van der Waals surface area contributed by atoms with Crippen LogP contribution in [0.3, 0.4) is 0 Å². The van der Waals surface area contributed by atoms with E-state index in [9.17, 15) is 14.7 Å². The SMILES string of the molecule is CCCCN(CCCCBr)C(=O)CN1CC(c2ccc3c(c2)OCO3)C(C(=O)[O-])C1c1ccc(OC)cc1. The van der Waals surface area contributed by atoms with Gasteiger partial charge in [0.1, 0.15) is 5.75 Å². The molecule has 2 aromatic carbocycles. The summed E-state index contributed by atoms with van der Waals surface area (Å²) in [6.07, 6.45) is 3.85. The molecule has 2 aliphatic heterocycles. The summed E-state index contributed by atoms with van der Waals surface area (Å²) < 4.78 is 16.3. The van der Waals surface area contributed by atoms with Crippen LogP contribution in [-0.4, -0.2) is 67.1 Å². The van der Waals surface area contributed by atoms with Gasteiger partial charge in [-0.15, -0.1) is 0 Å². The summed E-state index contributed by atoms with van der Waals surface area (Å²) in [7, 11) is 1.59. The van der Waals surface area contributed by atoms with Crippen molar-refractivity contribution in [3.05, 3.63) is 53.6 Å². The van der Waals surface area contributed by atoms with Crippen molar-refractivity contribution in [1.29, 1.82) is 0 Å². The number of likely N-dealkylation sites (tertiary alicyclic amines) is 1. The highest BCUT2D eigenvalue weighted by molar-refractivity contribution is 9.09. The van der Waals surface area contributed by atoms with Crippen molar-refractivity contribution < 1.29 is 28.9 Å². The van der Waals surface area contributed by atoms with Crippen molar-refractivity contribution in [2.45, 2.75) is 44.6 Å². The van der Waals surface area contributed by atoms with Crippen molar-refractivity contribution in [2.24, 2.45) is 5.92 Å². The molecule has 2 aliphatic rings. The minimum absolute atomic E-state index is 0.0231. The number of rotatable bonds is 13. The second kappa shape index (κ2) is 13.3. The number of amides is 1. The molecule has 2 heterocycles. The Balaban J connectivity index is 1.65. The van der Waals surface area contributed by atoms with E-state index in [1.54, 1.807) is 7.11 Å². The first-order valence-corrected chi connectivity index (χ1v) is 14.4. The zero-order chi connectivity index (χ0) is 27.1. The van der Waals surface area contributed by atoms with E-state index in [1.165, 1.54) is 0 Å². The molecule has 0 aromatic heterocycles. The van der Waals surface area contributed by atoms with Gasteiger partial charge in [-0.1, -0.05) is 47.5 Å². The Labute approximate surface area is 233 Å². The van der Waals surface area contributed by atoms with Crippen molar-refractivity contribution in [1.82, 2.24) is 9.80 Å². The van der Waals surface area contributed by atoms with Crippen molar-refractivity contribution in [3.63, 3.8) is 0 Å². The molecule has 4 rings (SSSR count). The van der Waals surface area contributed by atoms with Gasteiger partial charge in [-0.25, -0.2) is 0 Å². The van der Waals surface area contributed by atoms with Crippen LogP contribution in [0.4, 0.5) is 0 Å². The van der Waals surface area contributed by atoms with E-state index in [4.69, 9.17) is 14.2 Å². The first-order chi connectivity index (χ1) is 18.5. The number of alkyl halides is 1. The third-order valence-corrected chi connectivity index (χ3v) is 8.00. The fourth-order valence-corrected chi connectivity index (χ4v) is 5.84. The van der Waals surface area contributed by atoms with Crippen molar-refractivity contribution in [3.8, 4) is 17.2 Å². The van der Waals surface area contributed by atoms with Crippen LogP contribution in [0.15, 0.2) is 42.5 Å². The molecule has 8 nitrogen and oxygen atoms in total. The number of methoxy groups -OCH3 is 1. The highest BCUT2D eigenvalue weighted by atomic mass is 79.9. The van der Waals surface area contributed by atoms with Gasteiger partial charge in [0, 0.05) is 48.8 Å². The molecule has 1 fully saturated rings. The van der Waals surface area contributed by atoms with E-state index in [1.807, 2.05) is 52.3 Å². The summed E-state index contributed by atoms with van der Waals surface area (Å²) in [6, 6.07) is 12.4. The normalized spacial score (nSPS) is 20.4. The van der Waals surface area contributed by atoms with E-state index < -0.39 is 17.9 Å². The van der Waals surface area contributed by atoms with E-state index in [0.717, 1.165) is 42.1 Å². The second-order valence-corrected chi connectivity index (χ2v) is 10.6. The molecule has 2 aromatic rings. The largest absolute Gasteiger partial charge is 0.550 e. The Morgan fingerprint density at radius 1 is 1.05 bits per heavy atom. The van der Waals surface area contributed by atoms with Crippen molar-refractivity contribution in [2.75, 3.05) is 45.4 Å². The Morgan fingerprint density at radius 2 is 1.76 bits per heavy atom. The van der Waals surface area contributed by atoms with Crippen LogP contribution in [-0.2, 0) is 9.59 Å². The molecule has 38 heavy (non-hydrogen) atoms. The highest BCUT2D eigenvalue weighted by Crippen LogP contribution is 2.47. The molecule has 0 saturated carbocycles. The molecule has 0 N–H and O–H groups in total. The zero-order valence-electron chi connectivity index (χ0n) is 22.1. The maximum atomic E-state index is 13.6. The van der Waals surface area contributed by atoms with E-state index in [0.29, 0.717) is 36.9 Å². The third kappa shape index (κ3) is 6.43. The Hall–Kier alpha value is -2.78. The van der Waals surface area contributed by atoms with Gasteiger partial charge >= 0.3 is 0 Å². The average Bonchev–Trinajstić information content (AvgIpc) is 3.55. The van der Waals surface area contributed by atoms with Crippen LogP contribution in [0.5, 0.6) is 17.2 Å². The number of hydrogen-bond donors (Lipinski definition) is 0. The predicted octanol–water partition coefficient (Wildman–Crippen LogP) is 3.73. The van der Waals surface area contributed by atoms with E-state index in [-0.39, 0.29) is 25.2 Å². The molecule has 1 saturated heterocycles. The van der Waals surface area contributed by atoms with Gasteiger partial charge < -0.3 is 29.0 Å². The van der Waals surface area contributed by atoms with Crippen LogP contribution in [0.25, 0.3) is 0 Å². The van der Waals surface area contributed by atoms with Gasteiger partial charge in [0.25, 0.3) is 0 Å². The second-order valence-electron chi connectivity index (χ2n) is 9.84. The molecule has 0 radical (unpaired) electrons. The standard InChI is InChI=1S/C29H37BrN2O6/c1-3-4-14-31(15-6-5-13-30)26(33)18-32-17-23(21-9-12-24-25(16-21)38-19-37-24)27(29(34)35)28(32)20-7-10-22(36-2)11-8-20/h7-12,16,23,27-28H,3-6,13-15,17-19H2,1-2H3,(H,34,35)/p-1. The van der Waals surface area contributed by atoms with Crippen LogP contribution in [0.2, 0.25) is 0 Å². The minimum Gasteiger partial charge on any atom is -0.550 e. The maximum Gasteiger partial charge on any atom is 0.236 e. The number of unbranched alkanes of at least 4 members (excludes halogenated alkanes) is 2. The molecular weight excluding hydrogens is 552 g/mol. The summed E-state index contributed by atoms with van der Waals surface area (Å²) in [5.74, 6) is -0.415. The van der Waals surface area contributed by atoms with Crippen LogP contribution in [0.1, 0.15) is 55.7 Å². The lowest BCUT2D eigenvalue weighted by Crippen LogP contribution is -2.43. The number of nitrogens with zero attached hydrogens (tertiary/aromatic N) is 2. The maximum absolute atomic E-state index is 13.6. The first kappa shape index (κ1) is 28.2. The average molecular weight is 589 g/mol. The number of ether oxygens (including phenoxy) is 3. The van der Waals surface area contributed by atoms with Crippen LogP contribution < -0.4 is 19.3 Å². The third-order valence-electron chi connectivity index (χ3n) is 7.44. The first-order valence-electron chi connectivity index (χ1n) is 13.3. The molecular formula is C29H36BrN2O6-. The molecule has 9 heteroatoms. The number of halogens is 1. The fourth-order valence-electron chi connectivity index (χ4n) is 5.44. The molecule has 3 atom stereocenters. The number of carboxylic acids is 1. The Bertz CT molecular complexity index is 1090. The number of hydrogen-bond acceptors (Lipinski definition) is 7. The molecule has 0 bridgehead atoms. The number of carboxylic acid groups (broad SMARTS) is 1. The lowest BCUT2D eigenvalue weighted by molar-refractivity contribution is -0.312. The van der Waals surface area contributed by atoms with E-state index >= 15 is 0 Å². The summed E-state index contributed by atoms with van der Waals surface area (Å²) in [6.45, 7) is 4.20. The number of benzene rings is 2. The molecule has 1 amide bonds. The van der Waals surface area contributed by atoms with Gasteiger partial charge in [0.2, 0.25) is 12.7 Å². The van der Waals surface area contributed by atoms with Gasteiger partial charge in [-0.2, -0.15) is 0 Å². The topological polar surface area (TPSA) is 91.4 Å². The van der Waals surface area contributed by atoms with Crippen LogP contribution >= 0.6 is 15.9 Å². The predicted molar refractivity (Wildman–Crippen MR) is 146 cm³/mol. The number of carbonyl (C=O) groups excluding carboxylic acids is 2. The Morgan fingerprint density at radius 3 is 2.45 bits per heavy atom. The van der Waals surface area contributed by atoms with Crippen molar-refractivity contribution >= 4 is 27.8 Å². The zero-order valence-corrected chi connectivity index (χ0v) is 23.7. The quantitative estimate of drug-likeness (QED) is 0.260. The lowest BCUT2D eigenvalue weighted by atomic mass is 9.82. The molecule has 206 valence electrons. The minimum atomic E-state index is -1.14. The number of carbonyl (C=O) groups is 2.